The van der Waals surface area contributed by atoms with Crippen LogP contribution < -0.4 is 5.73 Å². The first-order valence-corrected chi connectivity index (χ1v) is 4.79. The molecule has 3 nitrogen and oxygen atoms in total. The van der Waals surface area contributed by atoms with E-state index in [0.29, 0.717) is 11.4 Å². The molecular weight excluding hydrogens is 188 g/mol. The molecule has 0 atom stereocenters. The van der Waals surface area contributed by atoms with E-state index in [0.717, 1.165) is 21.9 Å². The molecule has 0 unspecified atom stereocenters. The molecular formula is C12H10N2O. The number of aryl methyl sites for hydroxylation is 1. The number of aromatic nitrogens is 1. The van der Waals surface area contributed by atoms with Crippen LogP contribution in [0.3, 0.4) is 0 Å². The van der Waals surface area contributed by atoms with Crippen molar-refractivity contribution in [2.24, 2.45) is 0 Å². The summed E-state index contributed by atoms with van der Waals surface area (Å²) in [4.78, 5) is 4.17. The topological polar surface area (TPSA) is 52.0 Å². The summed E-state index contributed by atoms with van der Waals surface area (Å²) in [7, 11) is 0. The van der Waals surface area contributed by atoms with Crippen molar-refractivity contribution in [3.8, 4) is 0 Å². The number of hydrogen-bond acceptors (Lipinski definition) is 3. The van der Waals surface area contributed by atoms with Crippen LogP contribution >= 0.6 is 0 Å². The number of hydrogen-bond donors (Lipinski definition) is 1. The van der Waals surface area contributed by atoms with E-state index >= 15 is 0 Å². The molecule has 0 aliphatic carbocycles. The summed E-state index contributed by atoms with van der Waals surface area (Å²) in [6.07, 6.45) is 1.72. The van der Waals surface area contributed by atoms with Crippen LogP contribution in [0.15, 0.2) is 34.9 Å². The molecule has 0 bridgehead atoms. The van der Waals surface area contributed by atoms with Gasteiger partial charge in [-0.25, -0.2) is 4.98 Å². The van der Waals surface area contributed by atoms with Crippen molar-refractivity contribution in [2.45, 2.75) is 6.92 Å². The molecule has 3 heteroatoms. The minimum Gasteiger partial charge on any atom is -0.436 e. The number of benzene rings is 1. The Labute approximate surface area is 86.5 Å². The Morgan fingerprint density at radius 2 is 2.07 bits per heavy atom. The van der Waals surface area contributed by atoms with E-state index in [2.05, 4.69) is 4.98 Å². The zero-order valence-corrected chi connectivity index (χ0v) is 8.32. The monoisotopic (exact) mass is 198 g/mol. The van der Waals surface area contributed by atoms with Gasteiger partial charge in [0.05, 0.1) is 5.69 Å². The lowest BCUT2D eigenvalue weighted by atomic mass is 10.1. The molecule has 0 spiro atoms. The van der Waals surface area contributed by atoms with Gasteiger partial charge in [-0.15, -0.1) is 0 Å². The third kappa shape index (κ3) is 1.03. The summed E-state index contributed by atoms with van der Waals surface area (Å²) < 4.78 is 5.63. The molecule has 0 saturated carbocycles. The molecule has 2 heterocycles. The number of pyridine rings is 1. The molecule has 0 amide bonds. The third-order valence-corrected chi connectivity index (χ3v) is 2.67. The fourth-order valence-corrected chi connectivity index (χ4v) is 1.79. The Balaban J connectivity index is 2.60. The Bertz CT molecular complexity index is 655. The summed E-state index contributed by atoms with van der Waals surface area (Å²) >= 11 is 0. The first-order valence-electron chi connectivity index (χ1n) is 4.79. The molecule has 3 aromatic rings. The van der Waals surface area contributed by atoms with Crippen molar-refractivity contribution in [3.63, 3.8) is 0 Å². The predicted molar refractivity (Wildman–Crippen MR) is 60.7 cm³/mol. The standard InChI is InChI=1S/C12H10N2O/c1-7-4-5-8-9-3-2-6-14-12(9)15-11(8)10(7)13/h2-6H,13H2,1H3. The lowest BCUT2D eigenvalue weighted by Gasteiger charge is -1.98. The second kappa shape index (κ2) is 2.73. The highest BCUT2D eigenvalue weighted by Gasteiger charge is 2.10. The molecule has 1 aromatic carbocycles. The normalized spacial score (nSPS) is 11.3. The van der Waals surface area contributed by atoms with E-state index in [4.69, 9.17) is 10.2 Å². The van der Waals surface area contributed by atoms with Crippen molar-refractivity contribution < 1.29 is 4.42 Å². The molecule has 74 valence electrons. The molecule has 0 saturated heterocycles. The van der Waals surface area contributed by atoms with Crippen molar-refractivity contribution in [1.29, 1.82) is 0 Å². The van der Waals surface area contributed by atoms with Crippen LogP contribution in [0.1, 0.15) is 5.56 Å². The third-order valence-electron chi connectivity index (χ3n) is 2.67. The predicted octanol–water partition coefficient (Wildman–Crippen LogP) is 2.87. The second-order valence-electron chi connectivity index (χ2n) is 3.63. The van der Waals surface area contributed by atoms with Crippen LogP contribution in [0.4, 0.5) is 5.69 Å². The van der Waals surface area contributed by atoms with Crippen molar-refractivity contribution in [3.05, 3.63) is 36.0 Å². The first-order chi connectivity index (χ1) is 7.27. The molecule has 2 N–H and O–H groups in total. The fraction of sp³-hybridized carbons (Fsp3) is 0.0833. The smallest absolute Gasteiger partial charge is 0.227 e. The number of rotatable bonds is 0. The van der Waals surface area contributed by atoms with Crippen LogP contribution in [0.2, 0.25) is 0 Å². The largest absolute Gasteiger partial charge is 0.436 e. The van der Waals surface area contributed by atoms with Gasteiger partial charge in [0.25, 0.3) is 0 Å². The maximum atomic E-state index is 5.96. The van der Waals surface area contributed by atoms with Crippen molar-refractivity contribution in [2.75, 3.05) is 5.73 Å². The second-order valence-corrected chi connectivity index (χ2v) is 3.63. The highest BCUT2D eigenvalue weighted by molar-refractivity contribution is 6.07. The van der Waals surface area contributed by atoms with E-state index in [1.165, 1.54) is 0 Å². The van der Waals surface area contributed by atoms with E-state index in [-0.39, 0.29) is 0 Å². The zero-order chi connectivity index (χ0) is 10.4. The van der Waals surface area contributed by atoms with Crippen molar-refractivity contribution >= 4 is 27.8 Å². The van der Waals surface area contributed by atoms with Crippen LogP contribution in [-0.2, 0) is 0 Å². The van der Waals surface area contributed by atoms with E-state index in [1.54, 1.807) is 6.20 Å². The summed E-state index contributed by atoms with van der Waals surface area (Å²) in [5, 5.41) is 2.04. The number of furan rings is 1. The average Bonchev–Trinajstić information content (AvgIpc) is 2.63. The highest BCUT2D eigenvalue weighted by Crippen LogP contribution is 2.32. The quantitative estimate of drug-likeness (QED) is 0.565. The van der Waals surface area contributed by atoms with Crippen LogP contribution in [0.5, 0.6) is 0 Å². The number of nitrogens with zero attached hydrogens (tertiary/aromatic N) is 1. The maximum absolute atomic E-state index is 5.96. The van der Waals surface area contributed by atoms with Gasteiger partial charge in [0.15, 0.2) is 5.58 Å². The number of nitrogen functional groups attached to an aromatic ring is 1. The Morgan fingerprint density at radius 1 is 1.20 bits per heavy atom. The Morgan fingerprint density at radius 3 is 2.93 bits per heavy atom. The van der Waals surface area contributed by atoms with Gasteiger partial charge in [0.2, 0.25) is 5.71 Å². The average molecular weight is 198 g/mol. The van der Waals surface area contributed by atoms with E-state index in [9.17, 15) is 0 Å². The Hall–Kier alpha value is -2.03. The lowest BCUT2D eigenvalue weighted by molar-refractivity contribution is 0.655. The number of fused-ring (bicyclic) bond motifs is 3. The van der Waals surface area contributed by atoms with Crippen LogP contribution in [-0.4, -0.2) is 4.98 Å². The van der Waals surface area contributed by atoms with Crippen LogP contribution in [0, 0.1) is 6.92 Å². The number of nitrogens with two attached hydrogens (primary N) is 1. The van der Waals surface area contributed by atoms with Gasteiger partial charge in [-0.3, -0.25) is 0 Å². The zero-order valence-electron chi connectivity index (χ0n) is 8.32. The number of anilines is 1. The van der Waals surface area contributed by atoms with Gasteiger partial charge in [0.1, 0.15) is 0 Å². The molecule has 0 fully saturated rings. The summed E-state index contributed by atoms with van der Waals surface area (Å²) in [6, 6.07) is 7.91. The fourth-order valence-electron chi connectivity index (χ4n) is 1.79. The Kier molecular flexibility index (Phi) is 1.51. The lowest BCUT2D eigenvalue weighted by Crippen LogP contribution is -1.88. The minimum atomic E-state index is 0.643. The summed E-state index contributed by atoms with van der Waals surface area (Å²) in [5.74, 6) is 0. The van der Waals surface area contributed by atoms with E-state index in [1.807, 2.05) is 31.2 Å². The molecule has 3 rings (SSSR count). The SMILES string of the molecule is Cc1ccc2c(oc3ncccc32)c1N. The van der Waals surface area contributed by atoms with Crippen molar-refractivity contribution in [1.82, 2.24) is 4.98 Å². The van der Waals surface area contributed by atoms with Gasteiger partial charge >= 0.3 is 0 Å². The summed E-state index contributed by atoms with van der Waals surface area (Å²) in [5.41, 5.74) is 9.07. The molecule has 0 radical (unpaired) electrons. The first kappa shape index (κ1) is 8.29. The van der Waals surface area contributed by atoms with Gasteiger partial charge < -0.3 is 10.2 Å². The molecule has 0 aliphatic heterocycles. The van der Waals surface area contributed by atoms with E-state index < -0.39 is 0 Å². The van der Waals surface area contributed by atoms with Crippen LogP contribution in [0.25, 0.3) is 22.1 Å². The molecule has 0 aliphatic rings. The maximum Gasteiger partial charge on any atom is 0.227 e. The minimum absolute atomic E-state index is 0.643. The van der Waals surface area contributed by atoms with Gasteiger partial charge in [-0.05, 0) is 24.6 Å². The van der Waals surface area contributed by atoms with Gasteiger partial charge in [0, 0.05) is 17.0 Å². The van der Waals surface area contributed by atoms with Gasteiger partial charge in [-0.2, -0.15) is 0 Å². The molecule has 2 aromatic heterocycles. The summed E-state index contributed by atoms with van der Waals surface area (Å²) in [6.45, 7) is 1.97. The highest BCUT2D eigenvalue weighted by atomic mass is 16.3. The van der Waals surface area contributed by atoms with Gasteiger partial charge in [-0.1, -0.05) is 12.1 Å². The molecule has 15 heavy (non-hydrogen) atoms.